The van der Waals surface area contributed by atoms with Gasteiger partial charge in [0.1, 0.15) is 0 Å². The Morgan fingerprint density at radius 1 is 1.00 bits per heavy atom. The minimum Gasteiger partial charge on any atom is -0.493 e. The summed E-state index contributed by atoms with van der Waals surface area (Å²) in [5, 5.41) is 6.83. The topological polar surface area (TPSA) is 82.6 Å². The summed E-state index contributed by atoms with van der Waals surface area (Å²) >= 11 is 0. The van der Waals surface area contributed by atoms with Gasteiger partial charge < -0.3 is 34.3 Å². The Kier molecular flexibility index (Phi) is 8.30. The van der Waals surface area contributed by atoms with Crippen molar-refractivity contribution in [3.05, 3.63) is 42.0 Å². The molecule has 8 nitrogen and oxygen atoms in total. The van der Waals surface area contributed by atoms with E-state index < -0.39 is 0 Å². The summed E-state index contributed by atoms with van der Waals surface area (Å²) in [6.07, 6.45) is 1.82. The second-order valence-electron chi connectivity index (χ2n) is 7.58. The average Bonchev–Trinajstić information content (AvgIpc) is 3.30. The summed E-state index contributed by atoms with van der Waals surface area (Å²) < 4.78 is 27.5. The van der Waals surface area contributed by atoms with Crippen molar-refractivity contribution in [2.24, 2.45) is 4.99 Å². The number of nitrogens with one attached hydrogen (secondary N) is 2. The molecule has 4 rings (SSSR count). The summed E-state index contributed by atoms with van der Waals surface area (Å²) in [5.41, 5.74) is 1.98. The number of fused-ring (bicyclic) bond motifs is 1. The molecule has 2 aliphatic heterocycles. The Bertz CT molecular complexity index is 947. The molecule has 0 aromatic heterocycles. The number of hydrogen-bond acceptors (Lipinski definition) is 6. The summed E-state index contributed by atoms with van der Waals surface area (Å²) in [5.74, 6) is 3.61. The smallest absolute Gasteiger partial charge is 0.231 e. The minimum absolute atomic E-state index is 0. The Labute approximate surface area is 205 Å². The van der Waals surface area contributed by atoms with Crippen molar-refractivity contribution in [3.8, 4) is 23.0 Å². The highest BCUT2D eigenvalue weighted by atomic mass is 127. The van der Waals surface area contributed by atoms with Crippen LogP contribution in [0.1, 0.15) is 18.4 Å². The molecule has 32 heavy (non-hydrogen) atoms. The molecular weight excluding hydrogens is 525 g/mol. The zero-order chi connectivity index (χ0) is 21.7. The van der Waals surface area contributed by atoms with Crippen molar-refractivity contribution < 1.29 is 23.7 Å². The van der Waals surface area contributed by atoms with Gasteiger partial charge in [-0.25, -0.2) is 0 Å². The second-order valence-corrected chi connectivity index (χ2v) is 7.58. The van der Waals surface area contributed by atoms with E-state index in [-0.39, 0.29) is 36.2 Å². The zero-order valence-electron chi connectivity index (χ0n) is 18.6. The highest BCUT2D eigenvalue weighted by molar-refractivity contribution is 14.0. The average molecular weight is 555 g/mol. The first-order valence-corrected chi connectivity index (χ1v) is 10.3. The van der Waals surface area contributed by atoms with Crippen LogP contribution in [0.5, 0.6) is 23.0 Å². The Morgan fingerprint density at radius 3 is 2.47 bits per heavy atom. The van der Waals surface area contributed by atoms with Gasteiger partial charge in [-0.3, -0.25) is 4.99 Å². The van der Waals surface area contributed by atoms with Gasteiger partial charge in [-0.2, -0.15) is 0 Å². The molecule has 0 bridgehead atoms. The molecule has 0 atom stereocenters. The largest absolute Gasteiger partial charge is 0.493 e. The first kappa shape index (κ1) is 24.2. The third-order valence-corrected chi connectivity index (χ3v) is 5.90. The Morgan fingerprint density at radius 2 is 1.75 bits per heavy atom. The van der Waals surface area contributed by atoms with Gasteiger partial charge in [0.2, 0.25) is 6.79 Å². The van der Waals surface area contributed by atoms with Gasteiger partial charge >= 0.3 is 0 Å². The summed E-state index contributed by atoms with van der Waals surface area (Å²) in [4.78, 5) is 4.39. The number of aliphatic imine (C=N–C) groups is 1. The number of ether oxygens (including phenoxy) is 5. The third-order valence-electron chi connectivity index (χ3n) is 5.90. The number of hydrogen-bond donors (Lipinski definition) is 2. The lowest BCUT2D eigenvalue weighted by atomic mass is 9.74. The molecule has 1 fully saturated rings. The molecular formula is C23H30IN3O5. The van der Waals surface area contributed by atoms with Crippen LogP contribution in [0.15, 0.2) is 41.4 Å². The molecule has 0 amide bonds. The maximum absolute atomic E-state index is 5.66. The molecule has 2 aromatic carbocycles. The fourth-order valence-electron chi connectivity index (χ4n) is 4.04. The summed E-state index contributed by atoms with van der Waals surface area (Å²) in [6.45, 7) is 2.42. The molecule has 2 aromatic rings. The lowest BCUT2D eigenvalue weighted by molar-refractivity contribution is 0.0514. The second kappa shape index (κ2) is 11.0. The first-order chi connectivity index (χ1) is 15.2. The number of benzene rings is 2. The number of rotatable bonds is 6. The molecule has 2 N–H and O–H groups in total. The molecule has 1 saturated heterocycles. The van der Waals surface area contributed by atoms with Gasteiger partial charge in [0.15, 0.2) is 29.0 Å². The highest BCUT2D eigenvalue weighted by Crippen LogP contribution is 2.40. The van der Waals surface area contributed by atoms with Crippen LogP contribution in [0.4, 0.5) is 5.69 Å². The van der Waals surface area contributed by atoms with Crippen LogP contribution in [-0.2, 0) is 10.2 Å². The van der Waals surface area contributed by atoms with E-state index in [4.69, 9.17) is 23.7 Å². The van der Waals surface area contributed by atoms with Crippen LogP contribution >= 0.6 is 24.0 Å². The van der Waals surface area contributed by atoms with E-state index in [1.54, 1.807) is 21.3 Å². The van der Waals surface area contributed by atoms with Gasteiger partial charge in [-0.15, -0.1) is 24.0 Å². The predicted octanol–water partition coefficient (Wildman–Crippen LogP) is 3.79. The lowest BCUT2D eigenvalue weighted by Gasteiger charge is -2.38. The van der Waals surface area contributed by atoms with Gasteiger partial charge in [0.05, 0.1) is 14.2 Å². The van der Waals surface area contributed by atoms with Crippen molar-refractivity contribution in [1.29, 1.82) is 0 Å². The van der Waals surface area contributed by atoms with Gasteiger partial charge in [-0.05, 0) is 42.7 Å². The highest BCUT2D eigenvalue weighted by Gasteiger charge is 2.36. The number of methoxy groups -OCH3 is 2. The fourth-order valence-corrected chi connectivity index (χ4v) is 4.04. The lowest BCUT2D eigenvalue weighted by Crippen LogP contribution is -2.46. The van der Waals surface area contributed by atoms with Crippen LogP contribution in [-0.4, -0.2) is 53.8 Å². The predicted molar refractivity (Wildman–Crippen MR) is 134 cm³/mol. The number of anilines is 1. The molecule has 0 radical (unpaired) electrons. The minimum atomic E-state index is -0.0888. The Hall–Kier alpha value is -2.40. The maximum atomic E-state index is 5.66. The van der Waals surface area contributed by atoms with Crippen LogP contribution in [0.25, 0.3) is 0 Å². The van der Waals surface area contributed by atoms with E-state index in [0.29, 0.717) is 24.0 Å². The third kappa shape index (κ3) is 5.15. The standard InChI is InChI=1S/C23H29N3O5.HI/c1-24-22(26-17-5-7-18(27-2)20(13-17)28-3)25-14-23(8-10-29-11-9-23)16-4-6-19-21(12-16)31-15-30-19;/h4-7,12-13H,8-11,14-15H2,1-3H3,(H2,24,25,26);1H. The SMILES string of the molecule is CN=C(NCC1(c2ccc3c(c2)OCO3)CCOCC1)Nc1ccc(OC)c(OC)c1.I. The van der Waals surface area contributed by atoms with E-state index in [0.717, 1.165) is 43.2 Å². The van der Waals surface area contributed by atoms with Crippen molar-refractivity contribution in [2.45, 2.75) is 18.3 Å². The molecule has 0 unspecified atom stereocenters. The molecule has 2 aliphatic rings. The molecule has 0 aliphatic carbocycles. The van der Waals surface area contributed by atoms with E-state index in [1.807, 2.05) is 24.3 Å². The maximum Gasteiger partial charge on any atom is 0.231 e. The number of guanidine groups is 1. The fraction of sp³-hybridized carbons (Fsp3) is 0.435. The molecule has 0 spiro atoms. The van der Waals surface area contributed by atoms with Crippen molar-refractivity contribution in [3.63, 3.8) is 0 Å². The molecule has 2 heterocycles. The van der Waals surface area contributed by atoms with Crippen LogP contribution in [0.3, 0.4) is 0 Å². The molecule has 0 saturated carbocycles. The first-order valence-electron chi connectivity index (χ1n) is 10.3. The summed E-state index contributed by atoms with van der Waals surface area (Å²) in [7, 11) is 5.00. The summed E-state index contributed by atoms with van der Waals surface area (Å²) in [6, 6.07) is 11.9. The van der Waals surface area contributed by atoms with E-state index in [1.165, 1.54) is 5.56 Å². The number of halogens is 1. The van der Waals surface area contributed by atoms with Crippen molar-refractivity contribution in [1.82, 2.24) is 5.32 Å². The van der Waals surface area contributed by atoms with Crippen LogP contribution in [0.2, 0.25) is 0 Å². The van der Waals surface area contributed by atoms with Gasteiger partial charge in [-0.1, -0.05) is 6.07 Å². The van der Waals surface area contributed by atoms with Crippen LogP contribution in [0, 0.1) is 0 Å². The number of nitrogens with zero attached hydrogens (tertiary/aromatic N) is 1. The normalized spacial score (nSPS) is 16.7. The Balaban J connectivity index is 0.00000289. The van der Waals surface area contributed by atoms with E-state index in [9.17, 15) is 0 Å². The van der Waals surface area contributed by atoms with Gasteiger partial charge in [0, 0.05) is 44.0 Å². The quantitative estimate of drug-likeness (QED) is 0.319. The molecule has 9 heteroatoms. The van der Waals surface area contributed by atoms with Gasteiger partial charge in [0.25, 0.3) is 0 Å². The van der Waals surface area contributed by atoms with Crippen LogP contribution < -0.4 is 29.6 Å². The van der Waals surface area contributed by atoms with E-state index in [2.05, 4.69) is 27.8 Å². The van der Waals surface area contributed by atoms with E-state index >= 15 is 0 Å². The monoisotopic (exact) mass is 555 g/mol. The zero-order valence-corrected chi connectivity index (χ0v) is 20.9. The van der Waals surface area contributed by atoms with Crippen molar-refractivity contribution in [2.75, 3.05) is 53.1 Å². The molecule has 174 valence electrons. The van der Waals surface area contributed by atoms with Crippen molar-refractivity contribution >= 4 is 35.6 Å².